The fourth-order valence-corrected chi connectivity index (χ4v) is 1.68. The number of hydrogen-bond donors (Lipinski definition) is 2. The molecule has 4 N–H and O–H groups in total. The van der Waals surface area contributed by atoms with Crippen molar-refractivity contribution in [1.29, 1.82) is 0 Å². The molecule has 2 rings (SSSR count). The summed E-state index contributed by atoms with van der Waals surface area (Å²) in [5.41, 5.74) is 13.0. The van der Waals surface area contributed by atoms with Gasteiger partial charge in [-0.15, -0.1) is 0 Å². The normalized spacial score (nSPS) is 10.2. The topological polar surface area (TPSA) is 81.1 Å². The van der Waals surface area contributed by atoms with Crippen molar-refractivity contribution >= 4 is 23.0 Å². The Morgan fingerprint density at radius 2 is 1.82 bits per heavy atom. The van der Waals surface area contributed by atoms with Gasteiger partial charge in [-0.05, 0) is 19.1 Å². The molecule has 1 aromatic carbocycles. The molecular formula is C12H15N5. The van der Waals surface area contributed by atoms with Crippen molar-refractivity contribution in [1.82, 2.24) is 9.97 Å². The molecule has 0 unspecified atom stereocenters. The number of rotatable bonds is 3. The molecule has 1 aromatic heterocycles. The van der Waals surface area contributed by atoms with Gasteiger partial charge in [-0.3, -0.25) is 0 Å². The Balaban J connectivity index is 2.46. The van der Waals surface area contributed by atoms with Crippen LogP contribution in [0.15, 0.2) is 36.7 Å². The van der Waals surface area contributed by atoms with Gasteiger partial charge in [0.05, 0.1) is 0 Å². The van der Waals surface area contributed by atoms with Crippen molar-refractivity contribution in [3.05, 3.63) is 36.7 Å². The third-order valence-corrected chi connectivity index (χ3v) is 2.53. The smallest absolute Gasteiger partial charge is 0.161 e. The number of nitrogens with two attached hydrogens (primary N) is 2. The molecular weight excluding hydrogens is 214 g/mol. The Kier molecular flexibility index (Phi) is 3.09. The van der Waals surface area contributed by atoms with Crippen LogP contribution in [0.1, 0.15) is 6.92 Å². The minimum absolute atomic E-state index is 0.310. The molecule has 0 spiro atoms. The van der Waals surface area contributed by atoms with Crippen molar-refractivity contribution in [3.8, 4) is 0 Å². The van der Waals surface area contributed by atoms with E-state index in [0.717, 1.165) is 12.2 Å². The SMILES string of the molecule is CCN(c1ccccc1)c1ncnc(N)c1N. The predicted octanol–water partition coefficient (Wildman–Crippen LogP) is 1.80. The van der Waals surface area contributed by atoms with Crippen LogP contribution >= 0.6 is 0 Å². The van der Waals surface area contributed by atoms with Crippen LogP contribution in [0, 0.1) is 0 Å². The molecule has 5 heteroatoms. The van der Waals surface area contributed by atoms with Crippen LogP contribution < -0.4 is 16.4 Å². The lowest BCUT2D eigenvalue weighted by Crippen LogP contribution is -2.19. The van der Waals surface area contributed by atoms with Gasteiger partial charge in [0.25, 0.3) is 0 Å². The van der Waals surface area contributed by atoms with E-state index in [1.165, 1.54) is 6.33 Å². The van der Waals surface area contributed by atoms with Crippen LogP contribution in [0.25, 0.3) is 0 Å². The van der Waals surface area contributed by atoms with Crippen molar-refractivity contribution in [3.63, 3.8) is 0 Å². The van der Waals surface area contributed by atoms with Crippen LogP contribution in [-0.4, -0.2) is 16.5 Å². The first kappa shape index (κ1) is 11.2. The summed E-state index contributed by atoms with van der Waals surface area (Å²) in [5, 5.41) is 0. The van der Waals surface area contributed by atoms with Gasteiger partial charge in [0.1, 0.15) is 12.0 Å². The van der Waals surface area contributed by atoms with E-state index in [0.29, 0.717) is 17.3 Å². The van der Waals surface area contributed by atoms with Gasteiger partial charge in [-0.1, -0.05) is 18.2 Å². The first-order chi connectivity index (χ1) is 8.24. The maximum Gasteiger partial charge on any atom is 0.161 e. The average molecular weight is 229 g/mol. The summed E-state index contributed by atoms with van der Waals surface area (Å²) in [6.45, 7) is 2.79. The number of anilines is 4. The molecule has 0 amide bonds. The summed E-state index contributed by atoms with van der Waals surface area (Å²) >= 11 is 0. The third-order valence-electron chi connectivity index (χ3n) is 2.53. The Bertz CT molecular complexity index is 498. The van der Waals surface area contributed by atoms with Crippen LogP contribution in [0.5, 0.6) is 0 Å². The summed E-state index contributed by atoms with van der Waals surface area (Å²) < 4.78 is 0. The second-order valence-electron chi connectivity index (χ2n) is 3.58. The molecule has 1 heterocycles. The Labute approximate surface area is 100 Å². The number of aromatic nitrogens is 2. The highest BCUT2D eigenvalue weighted by Crippen LogP contribution is 2.29. The Hall–Kier alpha value is -2.30. The second kappa shape index (κ2) is 4.69. The molecule has 0 aliphatic rings. The number of para-hydroxylation sites is 1. The average Bonchev–Trinajstić information content (AvgIpc) is 2.37. The number of nitrogen functional groups attached to an aromatic ring is 2. The summed E-state index contributed by atoms with van der Waals surface area (Å²) in [7, 11) is 0. The summed E-state index contributed by atoms with van der Waals surface area (Å²) in [6, 6.07) is 9.91. The van der Waals surface area contributed by atoms with Gasteiger partial charge in [0, 0.05) is 12.2 Å². The van der Waals surface area contributed by atoms with E-state index in [4.69, 9.17) is 11.5 Å². The number of hydrogen-bond acceptors (Lipinski definition) is 5. The fourth-order valence-electron chi connectivity index (χ4n) is 1.68. The van der Waals surface area contributed by atoms with Crippen molar-refractivity contribution in [2.75, 3.05) is 22.9 Å². The lowest BCUT2D eigenvalue weighted by atomic mass is 10.2. The number of nitrogens with zero attached hydrogens (tertiary/aromatic N) is 3. The molecule has 0 aliphatic carbocycles. The van der Waals surface area contributed by atoms with Gasteiger partial charge in [-0.2, -0.15) is 0 Å². The zero-order chi connectivity index (χ0) is 12.3. The fraction of sp³-hybridized carbons (Fsp3) is 0.167. The van der Waals surface area contributed by atoms with E-state index in [1.807, 2.05) is 42.2 Å². The highest BCUT2D eigenvalue weighted by molar-refractivity contribution is 5.77. The summed E-state index contributed by atoms with van der Waals surface area (Å²) in [4.78, 5) is 10.1. The highest BCUT2D eigenvalue weighted by atomic mass is 15.2. The molecule has 0 aliphatic heterocycles. The monoisotopic (exact) mass is 229 g/mol. The van der Waals surface area contributed by atoms with Crippen molar-refractivity contribution in [2.24, 2.45) is 0 Å². The van der Waals surface area contributed by atoms with Crippen molar-refractivity contribution in [2.45, 2.75) is 6.92 Å². The maximum absolute atomic E-state index is 5.90. The minimum Gasteiger partial charge on any atom is -0.393 e. The lowest BCUT2D eigenvalue weighted by molar-refractivity contribution is 0.981. The first-order valence-electron chi connectivity index (χ1n) is 5.42. The molecule has 0 radical (unpaired) electrons. The van der Waals surface area contributed by atoms with E-state index in [1.54, 1.807) is 0 Å². The van der Waals surface area contributed by atoms with Crippen LogP contribution in [0.2, 0.25) is 0 Å². The van der Waals surface area contributed by atoms with Gasteiger partial charge in [-0.25, -0.2) is 9.97 Å². The van der Waals surface area contributed by atoms with Crippen LogP contribution in [-0.2, 0) is 0 Å². The Morgan fingerprint density at radius 3 is 2.47 bits per heavy atom. The molecule has 0 atom stereocenters. The standard InChI is InChI=1S/C12H15N5/c1-2-17(9-6-4-3-5-7-9)12-10(13)11(14)15-8-16-12/h3-8H,2,13H2,1H3,(H2,14,15,16). The van der Waals surface area contributed by atoms with Gasteiger partial charge in [0.15, 0.2) is 11.6 Å². The molecule has 0 saturated heterocycles. The molecule has 0 bridgehead atoms. The molecule has 0 fully saturated rings. The molecule has 5 nitrogen and oxygen atoms in total. The zero-order valence-electron chi connectivity index (χ0n) is 9.67. The van der Waals surface area contributed by atoms with Crippen molar-refractivity contribution < 1.29 is 0 Å². The van der Waals surface area contributed by atoms with E-state index >= 15 is 0 Å². The zero-order valence-corrected chi connectivity index (χ0v) is 9.67. The van der Waals surface area contributed by atoms with Gasteiger partial charge in [0.2, 0.25) is 0 Å². The van der Waals surface area contributed by atoms with E-state index in [9.17, 15) is 0 Å². The van der Waals surface area contributed by atoms with E-state index in [2.05, 4.69) is 9.97 Å². The Morgan fingerprint density at radius 1 is 1.12 bits per heavy atom. The van der Waals surface area contributed by atoms with Gasteiger partial charge < -0.3 is 16.4 Å². The first-order valence-corrected chi connectivity index (χ1v) is 5.42. The second-order valence-corrected chi connectivity index (χ2v) is 3.58. The molecule has 17 heavy (non-hydrogen) atoms. The predicted molar refractivity (Wildman–Crippen MR) is 70.0 cm³/mol. The molecule has 2 aromatic rings. The quantitative estimate of drug-likeness (QED) is 0.838. The third kappa shape index (κ3) is 2.13. The lowest BCUT2D eigenvalue weighted by Gasteiger charge is -2.23. The van der Waals surface area contributed by atoms with Crippen LogP contribution in [0.3, 0.4) is 0 Å². The van der Waals surface area contributed by atoms with Gasteiger partial charge >= 0.3 is 0 Å². The maximum atomic E-state index is 5.90. The number of benzene rings is 1. The van der Waals surface area contributed by atoms with E-state index in [-0.39, 0.29) is 0 Å². The van der Waals surface area contributed by atoms with E-state index < -0.39 is 0 Å². The molecule has 88 valence electrons. The highest BCUT2D eigenvalue weighted by Gasteiger charge is 2.13. The minimum atomic E-state index is 0.310. The summed E-state index contributed by atoms with van der Waals surface area (Å²) in [5.74, 6) is 0.954. The molecule has 0 saturated carbocycles. The van der Waals surface area contributed by atoms with Crippen LogP contribution in [0.4, 0.5) is 23.0 Å². The largest absolute Gasteiger partial charge is 0.393 e. The summed E-state index contributed by atoms with van der Waals surface area (Å²) in [6.07, 6.45) is 1.42.